The molecule has 3 rings (SSSR count). The van der Waals surface area contributed by atoms with Gasteiger partial charge in [-0.1, -0.05) is 0 Å². The van der Waals surface area contributed by atoms with E-state index in [1.165, 1.54) is 0 Å². The number of carbonyl (C=O) groups excluding carboxylic acids is 2. The van der Waals surface area contributed by atoms with Gasteiger partial charge in [0.2, 0.25) is 0 Å². The van der Waals surface area contributed by atoms with Crippen LogP contribution >= 0.6 is 0 Å². The van der Waals surface area contributed by atoms with E-state index in [0.29, 0.717) is 24.9 Å². The molecule has 0 fully saturated rings. The summed E-state index contributed by atoms with van der Waals surface area (Å²) in [6, 6.07) is 16.3. The molecule has 1 atom stereocenters. The number of carbonyl (C=O) groups is 2. The molecule has 0 aliphatic carbocycles. The number of hydrogen-bond acceptors (Lipinski definition) is 4. The topological polar surface area (TPSA) is 91.3 Å². The molecule has 1 aliphatic heterocycles. The predicted octanol–water partition coefficient (Wildman–Crippen LogP) is 1.32. The van der Waals surface area contributed by atoms with Crippen molar-refractivity contribution in [3.63, 3.8) is 0 Å². The molecule has 0 saturated carbocycles. The van der Waals surface area contributed by atoms with Crippen LogP contribution in [0.15, 0.2) is 54.6 Å². The van der Waals surface area contributed by atoms with Gasteiger partial charge in [0, 0.05) is 0 Å². The van der Waals surface area contributed by atoms with Crippen LogP contribution in [0.3, 0.4) is 0 Å². The zero-order valence-electron chi connectivity index (χ0n) is 14.8. The van der Waals surface area contributed by atoms with Gasteiger partial charge in [-0.25, -0.2) is 0 Å². The zero-order chi connectivity index (χ0) is 19.2. The molecule has 0 saturated heterocycles. The van der Waals surface area contributed by atoms with Gasteiger partial charge in [0.05, 0.1) is 0 Å². The van der Waals surface area contributed by atoms with Crippen molar-refractivity contribution in [2.75, 3.05) is 5.32 Å². The number of para-hydroxylation sites is 1. The van der Waals surface area contributed by atoms with Gasteiger partial charge in [-0.3, -0.25) is 0 Å². The third kappa shape index (κ3) is 4.91. The SMILES string of the molecule is B=C(Cc1ccccc1)OC(=N)C(=O)N[C@H]1CCc2ccccc2NC1=O. The van der Waals surface area contributed by atoms with Crippen LogP contribution in [-0.2, 0) is 27.2 Å². The summed E-state index contributed by atoms with van der Waals surface area (Å²) in [5.41, 5.74) is 3.03. The van der Waals surface area contributed by atoms with E-state index in [9.17, 15) is 9.59 Å². The van der Waals surface area contributed by atoms with Crippen molar-refractivity contribution in [2.45, 2.75) is 25.3 Å². The van der Waals surface area contributed by atoms with Crippen LogP contribution in [0, 0.1) is 5.41 Å². The van der Waals surface area contributed by atoms with Gasteiger partial charge in [0.15, 0.2) is 0 Å². The Bertz CT molecular complexity index is 883. The molecular formula is C20H20BN3O3. The first-order valence-corrected chi connectivity index (χ1v) is 8.70. The molecule has 0 bridgehead atoms. The summed E-state index contributed by atoms with van der Waals surface area (Å²) in [6.45, 7) is 0. The third-order valence-corrected chi connectivity index (χ3v) is 4.30. The first-order valence-electron chi connectivity index (χ1n) is 8.70. The van der Waals surface area contributed by atoms with Crippen LogP contribution in [0.1, 0.15) is 17.5 Å². The van der Waals surface area contributed by atoms with Crippen molar-refractivity contribution in [2.24, 2.45) is 0 Å². The van der Waals surface area contributed by atoms with E-state index in [2.05, 4.69) is 18.1 Å². The number of nitrogens with one attached hydrogen (secondary N) is 3. The minimum absolute atomic E-state index is 0.291. The average molecular weight is 361 g/mol. The molecule has 0 unspecified atom stereocenters. The predicted molar refractivity (Wildman–Crippen MR) is 106 cm³/mol. The minimum atomic E-state index is -0.740. The van der Waals surface area contributed by atoms with E-state index in [1.807, 2.05) is 54.6 Å². The summed E-state index contributed by atoms with van der Waals surface area (Å²) in [7, 11) is 3.75. The fourth-order valence-corrected chi connectivity index (χ4v) is 2.92. The van der Waals surface area contributed by atoms with Crippen LogP contribution in [0.2, 0.25) is 0 Å². The van der Waals surface area contributed by atoms with Gasteiger partial charge in [0.25, 0.3) is 0 Å². The average Bonchev–Trinajstić information content (AvgIpc) is 2.81. The van der Waals surface area contributed by atoms with Crippen LogP contribution < -0.4 is 10.6 Å². The molecule has 136 valence electrons. The molecular weight excluding hydrogens is 341 g/mol. The van der Waals surface area contributed by atoms with Crippen molar-refractivity contribution in [1.29, 1.82) is 5.41 Å². The second-order valence-electron chi connectivity index (χ2n) is 6.34. The van der Waals surface area contributed by atoms with Crippen molar-refractivity contribution < 1.29 is 14.3 Å². The maximum absolute atomic E-state index is 12.3. The van der Waals surface area contributed by atoms with E-state index in [-0.39, 0.29) is 5.91 Å². The Morgan fingerprint density at radius 2 is 1.89 bits per heavy atom. The molecule has 27 heavy (non-hydrogen) atoms. The fourth-order valence-electron chi connectivity index (χ4n) is 2.92. The summed E-state index contributed by atoms with van der Waals surface area (Å²) >= 11 is 0. The number of ether oxygens (including phenoxy) is 1. The van der Waals surface area contributed by atoms with E-state index >= 15 is 0 Å². The normalized spacial score (nSPS) is 15.7. The number of hydrogen-bond donors (Lipinski definition) is 3. The number of anilines is 1. The quantitative estimate of drug-likeness (QED) is 0.436. The van der Waals surface area contributed by atoms with Gasteiger partial charge in [-0.2, -0.15) is 0 Å². The molecule has 0 aromatic heterocycles. The molecule has 6 nitrogen and oxygen atoms in total. The Morgan fingerprint density at radius 3 is 2.67 bits per heavy atom. The molecule has 2 aromatic rings. The van der Waals surface area contributed by atoms with Crippen molar-refractivity contribution >= 4 is 36.5 Å². The van der Waals surface area contributed by atoms with Crippen molar-refractivity contribution in [3.05, 3.63) is 65.7 Å². The Kier molecular flexibility index (Phi) is 5.81. The second kappa shape index (κ2) is 8.44. The Labute approximate surface area is 158 Å². The van der Waals surface area contributed by atoms with Gasteiger partial charge in [-0.15, -0.1) is 0 Å². The van der Waals surface area contributed by atoms with E-state index < -0.39 is 17.8 Å². The number of rotatable bonds is 4. The van der Waals surface area contributed by atoms with Crippen LogP contribution in [0.4, 0.5) is 5.69 Å². The summed E-state index contributed by atoms with van der Waals surface area (Å²) in [5, 5.41) is 13.2. The first kappa shape index (κ1) is 18.6. The van der Waals surface area contributed by atoms with Gasteiger partial charge in [0.1, 0.15) is 0 Å². The van der Waals surface area contributed by atoms with Crippen LogP contribution in [-0.4, -0.2) is 36.9 Å². The molecule has 1 heterocycles. The van der Waals surface area contributed by atoms with Crippen molar-refractivity contribution in [1.82, 2.24) is 5.32 Å². The fraction of sp³-hybridized carbons (Fsp3) is 0.200. The first-order chi connectivity index (χ1) is 13.0. The molecule has 0 spiro atoms. The standard InChI is InChI=1S/C20H20BN3O3/c21-17(12-13-6-2-1-3-7-13)27-18(22)20(26)24-16-11-10-14-8-4-5-9-15(14)23-19(16)25/h1-9,16,21-22H,10-12H2,(H,23,25)(H,24,26)/t16-/m0/s1. The van der Waals surface area contributed by atoms with Crippen LogP contribution in [0.5, 0.6) is 0 Å². The van der Waals surface area contributed by atoms with E-state index in [1.54, 1.807) is 0 Å². The Balaban J connectivity index is 1.54. The zero-order valence-corrected chi connectivity index (χ0v) is 14.8. The van der Waals surface area contributed by atoms with E-state index in [0.717, 1.165) is 16.8 Å². The number of amides is 2. The van der Waals surface area contributed by atoms with Gasteiger partial charge >= 0.3 is 158 Å². The molecule has 1 aliphatic rings. The molecule has 2 amide bonds. The monoisotopic (exact) mass is 361 g/mol. The second-order valence-corrected chi connectivity index (χ2v) is 6.34. The summed E-state index contributed by atoms with van der Waals surface area (Å²) < 4.78 is 5.23. The molecule has 2 aromatic carbocycles. The summed E-state index contributed by atoms with van der Waals surface area (Å²) in [5.74, 6) is -1.62. The number of aryl methyl sites for hydroxylation is 1. The molecule has 7 heteroatoms. The maximum atomic E-state index is 12.3. The Morgan fingerprint density at radius 1 is 1.19 bits per heavy atom. The Hall–Kier alpha value is -3.22. The third-order valence-electron chi connectivity index (χ3n) is 4.30. The van der Waals surface area contributed by atoms with Gasteiger partial charge < -0.3 is 0 Å². The van der Waals surface area contributed by atoms with Crippen molar-refractivity contribution in [3.8, 4) is 0 Å². The molecule has 0 radical (unpaired) electrons. The van der Waals surface area contributed by atoms with Gasteiger partial charge in [-0.05, 0) is 0 Å². The summed E-state index contributed by atoms with van der Waals surface area (Å²) in [6.07, 6.45) is 1.50. The van der Waals surface area contributed by atoms with E-state index in [4.69, 9.17) is 10.1 Å². The number of fused-ring (bicyclic) bond motifs is 1. The van der Waals surface area contributed by atoms with Crippen LogP contribution in [0.25, 0.3) is 0 Å². The summed E-state index contributed by atoms with van der Waals surface area (Å²) in [4.78, 5) is 24.6. The number of benzene rings is 2. The molecule has 3 N–H and O–H groups in total.